The van der Waals surface area contributed by atoms with Gasteiger partial charge in [0.25, 0.3) is 11.5 Å². The summed E-state index contributed by atoms with van der Waals surface area (Å²) < 4.78 is 7.46. The fraction of sp³-hybridized carbons (Fsp3) is 0.179. The molecule has 0 saturated carbocycles. The molecule has 1 aromatic heterocycles. The van der Waals surface area contributed by atoms with E-state index in [9.17, 15) is 9.59 Å². The van der Waals surface area contributed by atoms with Crippen LogP contribution in [0.5, 0.6) is 11.5 Å². The van der Waals surface area contributed by atoms with Crippen molar-refractivity contribution in [2.45, 2.75) is 13.8 Å². The topological polar surface area (TPSA) is 64.4 Å². The molecule has 0 spiro atoms. The molecule has 172 valence electrons. The Labute approximate surface area is 199 Å². The molecule has 0 fully saturated rings. The zero-order chi connectivity index (χ0) is 24.1. The van der Waals surface area contributed by atoms with Gasteiger partial charge in [0.05, 0.1) is 0 Å². The molecule has 4 rings (SSSR count). The zero-order valence-corrected chi connectivity index (χ0v) is 19.6. The van der Waals surface area contributed by atoms with E-state index < -0.39 is 0 Å². The smallest absolute Gasteiger partial charge is 0.267 e. The maximum absolute atomic E-state index is 12.7. The molecule has 0 aliphatic carbocycles. The van der Waals surface area contributed by atoms with Crippen molar-refractivity contribution < 1.29 is 9.53 Å². The lowest BCUT2D eigenvalue weighted by atomic mass is 9.98. The molecule has 3 aromatic carbocycles. The zero-order valence-electron chi connectivity index (χ0n) is 19.6. The Morgan fingerprint density at radius 3 is 2.21 bits per heavy atom. The first-order chi connectivity index (χ1) is 16.5. The van der Waals surface area contributed by atoms with E-state index in [1.165, 1.54) is 4.68 Å². The summed E-state index contributed by atoms with van der Waals surface area (Å²) in [5.41, 5.74) is 3.25. The van der Waals surface area contributed by atoms with E-state index in [0.29, 0.717) is 41.4 Å². The van der Waals surface area contributed by atoms with Crippen LogP contribution in [0.4, 0.5) is 0 Å². The molecule has 0 radical (unpaired) electrons. The van der Waals surface area contributed by atoms with Gasteiger partial charge in [0, 0.05) is 42.9 Å². The lowest BCUT2D eigenvalue weighted by Gasteiger charge is -2.19. The Kier molecular flexibility index (Phi) is 6.87. The number of benzene rings is 3. The molecule has 0 aliphatic heterocycles. The Hall–Kier alpha value is -4.19. The van der Waals surface area contributed by atoms with Crippen molar-refractivity contribution in [3.8, 4) is 33.9 Å². The van der Waals surface area contributed by atoms with E-state index in [1.807, 2.05) is 80.6 Å². The average molecular weight is 454 g/mol. The monoisotopic (exact) mass is 453 g/mol. The van der Waals surface area contributed by atoms with Crippen LogP contribution in [0.3, 0.4) is 0 Å². The minimum absolute atomic E-state index is 0.0134. The summed E-state index contributed by atoms with van der Waals surface area (Å²) in [6.07, 6.45) is 0. The molecule has 6 heteroatoms. The summed E-state index contributed by atoms with van der Waals surface area (Å²) in [6.45, 7) is 5.22. The highest BCUT2D eigenvalue weighted by Gasteiger charge is 2.18. The highest BCUT2D eigenvalue weighted by Crippen LogP contribution is 2.37. The minimum Gasteiger partial charge on any atom is -0.457 e. The van der Waals surface area contributed by atoms with Crippen LogP contribution in [0.1, 0.15) is 24.2 Å². The van der Waals surface area contributed by atoms with Crippen LogP contribution in [-0.4, -0.2) is 33.7 Å². The summed E-state index contributed by atoms with van der Waals surface area (Å²) >= 11 is 0. The number of carbonyl (C=O) groups is 1. The first kappa shape index (κ1) is 23.0. The molecule has 1 heterocycles. The number of ether oxygens (including phenoxy) is 1. The fourth-order valence-corrected chi connectivity index (χ4v) is 3.81. The quantitative estimate of drug-likeness (QED) is 0.376. The number of nitrogens with zero attached hydrogens (tertiary/aromatic N) is 3. The van der Waals surface area contributed by atoms with Gasteiger partial charge >= 0.3 is 0 Å². The van der Waals surface area contributed by atoms with Crippen molar-refractivity contribution in [2.24, 2.45) is 7.05 Å². The summed E-state index contributed by atoms with van der Waals surface area (Å²) in [5, 5.41) is 4.58. The molecule has 0 unspecified atom stereocenters. The first-order valence-electron chi connectivity index (χ1n) is 11.3. The van der Waals surface area contributed by atoms with Crippen LogP contribution < -0.4 is 10.3 Å². The maximum Gasteiger partial charge on any atom is 0.267 e. The number of carbonyl (C=O) groups excluding carboxylic acids is 1. The van der Waals surface area contributed by atoms with Gasteiger partial charge in [-0.25, -0.2) is 4.68 Å². The largest absolute Gasteiger partial charge is 0.457 e. The van der Waals surface area contributed by atoms with Gasteiger partial charge in [0.1, 0.15) is 17.2 Å². The molecule has 4 aromatic rings. The van der Waals surface area contributed by atoms with Crippen molar-refractivity contribution in [3.63, 3.8) is 0 Å². The van der Waals surface area contributed by atoms with Gasteiger partial charge in [-0.3, -0.25) is 9.59 Å². The third-order valence-electron chi connectivity index (χ3n) is 5.70. The van der Waals surface area contributed by atoms with Gasteiger partial charge < -0.3 is 9.64 Å². The predicted octanol–water partition coefficient (Wildman–Crippen LogP) is 5.39. The molecule has 6 nitrogen and oxygen atoms in total. The van der Waals surface area contributed by atoms with Gasteiger partial charge in [-0.15, -0.1) is 0 Å². The van der Waals surface area contributed by atoms with E-state index in [1.54, 1.807) is 30.1 Å². The molecule has 34 heavy (non-hydrogen) atoms. The molecule has 0 atom stereocenters. The highest BCUT2D eigenvalue weighted by molar-refractivity contribution is 5.95. The SMILES string of the molecule is CCN(CC)C(=O)c1ccc(-c2cc(=O)n(C)nc2-c2ccccc2Oc2ccccc2)cc1. The van der Waals surface area contributed by atoms with E-state index in [4.69, 9.17) is 4.74 Å². The van der Waals surface area contributed by atoms with Crippen molar-refractivity contribution in [2.75, 3.05) is 13.1 Å². The van der Waals surface area contributed by atoms with Crippen LogP contribution in [0, 0.1) is 0 Å². The Morgan fingerprint density at radius 1 is 0.882 bits per heavy atom. The summed E-state index contributed by atoms with van der Waals surface area (Å²) in [5.74, 6) is 1.33. The second-order valence-electron chi connectivity index (χ2n) is 7.83. The minimum atomic E-state index is -0.219. The Morgan fingerprint density at radius 2 is 1.53 bits per heavy atom. The van der Waals surface area contributed by atoms with Gasteiger partial charge in [0.2, 0.25) is 0 Å². The normalized spacial score (nSPS) is 10.7. The summed E-state index contributed by atoms with van der Waals surface area (Å²) in [7, 11) is 1.63. The van der Waals surface area contributed by atoms with Crippen LogP contribution in [0.25, 0.3) is 22.4 Å². The third kappa shape index (κ3) is 4.76. The predicted molar refractivity (Wildman–Crippen MR) is 134 cm³/mol. The first-order valence-corrected chi connectivity index (χ1v) is 11.3. The second kappa shape index (κ2) is 10.2. The number of aryl methyl sites for hydroxylation is 1. The Bertz CT molecular complexity index is 1340. The van der Waals surface area contributed by atoms with Crippen LogP contribution >= 0.6 is 0 Å². The maximum atomic E-state index is 12.7. The van der Waals surface area contributed by atoms with Gasteiger partial charge in [-0.05, 0) is 55.8 Å². The molecular formula is C28H27N3O3. The van der Waals surface area contributed by atoms with Gasteiger partial charge in [0.15, 0.2) is 0 Å². The third-order valence-corrected chi connectivity index (χ3v) is 5.70. The van der Waals surface area contributed by atoms with E-state index in [2.05, 4.69) is 5.10 Å². The van der Waals surface area contributed by atoms with Gasteiger partial charge in [-0.1, -0.05) is 42.5 Å². The number of rotatable bonds is 7. The lowest BCUT2D eigenvalue weighted by molar-refractivity contribution is 0.0773. The van der Waals surface area contributed by atoms with Crippen LogP contribution in [0.2, 0.25) is 0 Å². The highest BCUT2D eigenvalue weighted by atomic mass is 16.5. The van der Waals surface area contributed by atoms with Crippen molar-refractivity contribution in [3.05, 3.63) is 101 Å². The van der Waals surface area contributed by atoms with Crippen molar-refractivity contribution in [1.82, 2.24) is 14.7 Å². The Balaban J connectivity index is 1.79. The summed E-state index contributed by atoms with van der Waals surface area (Å²) in [6, 6.07) is 26.0. The number of hydrogen-bond donors (Lipinski definition) is 0. The number of amides is 1. The molecule has 0 bridgehead atoms. The standard InChI is InChI=1S/C28H27N3O3/c1-4-31(5-2)28(33)21-17-15-20(16-18-21)24-19-26(32)30(3)29-27(24)23-13-9-10-14-25(23)34-22-11-7-6-8-12-22/h6-19H,4-5H2,1-3H3. The molecule has 1 amide bonds. The molecule has 0 aliphatic rings. The molecular weight excluding hydrogens is 426 g/mol. The van der Waals surface area contributed by atoms with E-state index in [0.717, 1.165) is 11.1 Å². The van der Waals surface area contributed by atoms with Crippen molar-refractivity contribution >= 4 is 5.91 Å². The number of aromatic nitrogens is 2. The van der Waals surface area contributed by atoms with Crippen LogP contribution in [0.15, 0.2) is 89.7 Å². The molecule has 0 N–H and O–H groups in total. The molecule has 0 saturated heterocycles. The van der Waals surface area contributed by atoms with Crippen LogP contribution in [-0.2, 0) is 7.05 Å². The van der Waals surface area contributed by atoms with E-state index in [-0.39, 0.29) is 11.5 Å². The average Bonchev–Trinajstić information content (AvgIpc) is 2.87. The fourth-order valence-electron chi connectivity index (χ4n) is 3.81. The van der Waals surface area contributed by atoms with E-state index >= 15 is 0 Å². The van der Waals surface area contributed by atoms with Gasteiger partial charge in [-0.2, -0.15) is 5.10 Å². The summed E-state index contributed by atoms with van der Waals surface area (Å²) in [4.78, 5) is 27.0. The number of para-hydroxylation sites is 2. The number of hydrogen-bond acceptors (Lipinski definition) is 4. The second-order valence-corrected chi connectivity index (χ2v) is 7.83. The lowest BCUT2D eigenvalue weighted by Crippen LogP contribution is -2.30. The van der Waals surface area contributed by atoms with Crippen molar-refractivity contribution in [1.29, 1.82) is 0 Å².